The van der Waals surface area contributed by atoms with Gasteiger partial charge in [0.25, 0.3) is 0 Å². The van der Waals surface area contributed by atoms with Gasteiger partial charge in [-0.3, -0.25) is 4.68 Å². The molecule has 0 amide bonds. The number of hydrogen-bond acceptors (Lipinski definition) is 2. The van der Waals surface area contributed by atoms with E-state index < -0.39 is 0 Å². The zero-order valence-corrected chi connectivity index (χ0v) is 10.4. The minimum absolute atomic E-state index is 0.460. The molecule has 0 fully saturated rings. The van der Waals surface area contributed by atoms with E-state index in [-0.39, 0.29) is 0 Å². The summed E-state index contributed by atoms with van der Waals surface area (Å²) in [7, 11) is 0. The molecule has 0 atom stereocenters. The minimum atomic E-state index is 0.460. The van der Waals surface area contributed by atoms with Gasteiger partial charge in [-0.2, -0.15) is 5.10 Å². The monoisotopic (exact) mass is 209 g/mol. The van der Waals surface area contributed by atoms with Gasteiger partial charge in [0.15, 0.2) is 0 Å². The first kappa shape index (κ1) is 12.2. The minimum Gasteiger partial charge on any atom is -0.313 e. The Kier molecular flexibility index (Phi) is 4.82. The Labute approximate surface area is 92.9 Å². The van der Waals surface area contributed by atoms with Gasteiger partial charge in [0.05, 0.1) is 6.20 Å². The highest BCUT2D eigenvalue weighted by molar-refractivity contribution is 5.18. The first-order valence-corrected chi connectivity index (χ1v) is 5.96. The summed E-state index contributed by atoms with van der Waals surface area (Å²) in [6, 6.07) is 0.460. The van der Waals surface area contributed by atoms with Gasteiger partial charge in [-0.05, 0) is 26.8 Å². The normalized spacial score (nSPS) is 11.3. The molecular weight excluding hydrogens is 186 g/mol. The number of aromatic nitrogens is 2. The van der Waals surface area contributed by atoms with E-state index >= 15 is 0 Å². The fourth-order valence-corrected chi connectivity index (χ4v) is 1.79. The molecule has 0 spiro atoms. The second-order valence-corrected chi connectivity index (χ2v) is 4.19. The van der Waals surface area contributed by atoms with Crippen molar-refractivity contribution in [3.8, 4) is 0 Å². The molecule has 0 bridgehead atoms. The van der Waals surface area contributed by atoms with Crippen molar-refractivity contribution in [3.63, 3.8) is 0 Å². The van der Waals surface area contributed by atoms with Crippen LogP contribution in [-0.2, 0) is 13.0 Å². The first-order chi connectivity index (χ1) is 7.20. The first-order valence-electron chi connectivity index (χ1n) is 5.96. The zero-order chi connectivity index (χ0) is 11.3. The van der Waals surface area contributed by atoms with E-state index in [1.54, 1.807) is 0 Å². The second-order valence-electron chi connectivity index (χ2n) is 4.19. The van der Waals surface area contributed by atoms with Crippen LogP contribution in [0.2, 0.25) is 0 Å². The van der Waals surface area contributed by atoms with E-state index in [1.165, 1.54) is 17.7 Å². The average molecular weight is 209 g/mol. The van der Waals surface area contributed by atoms with Crippen LogP contribution in [0.1, 0.15) is 51.4 Å². The Morgan fingerprint density at radius 3 is 2.67 bits per heavy atom. The largest absolute Gasteiger partial charge is 0.313 e. The van der Waals surface area contributed by atoms with Crippen molar-refractivity contribution in [1.82, 2.24) is 15.1 Å². The molecule has 1 rings (SSSR count). The van der Waals surface area contributed by atoms with Crippen LogP contribution in [0.4, 0.5) is 0 Å². The molecule has 1 aromatic heterocycles. The molecule has 0 aromatic carbocycles. The van der Waals surface area contributed by atoms with E-state index in [0.717, 1.165) is 19.5 Å². The number of nitrogens with zero attached hydrogens (tertiary/aromatic N) is 2. The lowest BCUT2D eigenvalue weighted by Crippen LogP contribution is -2.14. The van der Waals surface area contributed by atoms with Crippen molar-refractivity contribution in [1.29, 1.82) is 0 Å². The third-order valence-electron chi connectivity index (χ3n) is 2.53. The van der Waals surface area contributed by atoms with Crippen molar-refractivity contribution in [2.24, 2.45) is 0 Å². The fraction of sp³-hybridized carbons (Fsp3) is 0.750. The van der Waals surface area contributed by atoms with Gasteiger partial charge in [-0.25, -0.2) is 0 Å². The van der Waals surface area contributed by atoms with Crippen molar-refractivity contribution < 1.29 is 0 Å². The van der Waals surface area contributed by atoms with Gasteiger partial charge >= 0.3 is 0 Å². The third-order valence-corrected chi connectivity index (χ3v) is 2.53. The molecule has 86 valence electrons. The van der Waals surface area contributed by atoms with Crippen LogP contribution < -0.4 is 5.32 Å². The van der Waals surface area contributed by atoms with E-state index in [1.807, 2.05) is 6.20 Å². The quantitative estimate of drug-likeness (QED) is 0.780. The van der Waals surface area contributed by atoms with Crippen LogP contribution in [0.25, 0.3) is 0 Å². The molecule has 0 aliphatic carbocycles. The SMILES string of the molecule is CCCc1c(CNCC)cnn1C(C)C. The molecular formula is C12H23N3. The topological polar surface area (TPSA) is 29.9 Å². The predicted molar refractivity (Wildman–Crippen MR) is 64.0 cm³/mol. The lowest BCUT2D eigenvalue weighted by Gasteiger charge is -2.12. The average Bonchev–Trinajstić information content (AvgIpc) is 2.59. The maximum atomic E-state index is 4.46. The Morgan fingerprint density at radius 1 is 1.40 bits per heavy atom. The zero-order valence-electron chi connectivity index (χ0n) is 10.4. The van der Waals surface area contributed by atoms with Crippen LogP contribution in [0.5, 0.6) is 0 Å². The molecule has 1 aromatic rings. The van der Waals surface area contributed by atoms with E-state index in [2.05, 4.69) is 42.8 Å². The van der Waals surface area contributed by atoms with Crippen molar-refractivity contribution in [2.45, 2.75) is 53.1 Å². The highest BCUT2D eigenvalue weighted by atomic mass is 15.3. The molecule has 3 heteroatoms. The summed E-state index contributed by atoms with van der Waals surface area (Å²) in [5.74, 6) is 0. The standard InChI is InChI=1S/C12H23N3/c1-5-7-12-11(8-13-6-2)9-14-15(12)10(3)4/h9-10,13H,5-8H2,1-4H3. The number of nitrogens with one attached hydrogen (secondary N) is 1. The lowest BCUT2D eigenvalue weighted by molar-refractivity contribution is 0.505. The van der Waals surface area contributed by atoms with E-state index in [4.69, 9.17) is 0 Å². The molecule has 0 saturated heterocycles. The number of rotatable bonds is 6. The fourth-order valence-electron chi connectivity index (χ4n) is 1.79. The molecule has 0 unspecified atom stereocenters. The second kappa shape index (κ2) is 5.91. The molecule has 1 N–H and O–H groups in total. The van der Waals surface area contributed by atoms with Gasteiger partial charge in [-0.15, -0.1) is 0 Å². The summed E-state index contributed by atoms with van der Waals surface area (Å²) in [6.07, 6.45) is 4.31. The summed E-state index contributed by atoms with van der Waals surface area (Å²) in [4.78, 5) is 0. The van der Waals surface area contributed by atoms with Gasteiger partial charge in [0.1, 0.15) is 0 Å². The Balaban J connectivity index is 2.85. The molecule has 3 nitrogen and oxygen atoms in total. The molecule has 1 heterocycles. The highest BCUT2D eigenvalue weighted by Crippen LogP contribution is 2.15. The van der Waals surface area contributed by atoms with E-state index in [0.29, 0.717) is 6.04 Å². The molecule has 0 saturated carbocycles. The summed E-state index contributed by atoms with van der Waals surface area (Å²) < 4.78 is 2.15. The maximum Gasteiger partial charge on any atom is 0.0537 e. The van der Waals surface area contributed by atoms with Crippen molar-refractivity contribution in [3.05, 3.63) is 17.5 Å². The van der Waals surface area contributed by atoms with E-state index in [9.17, 15) is 0 Å². The molecule has 0 radical (unpaired) electrons. The molecule has 0 aliphatic heterocycles. The predicted octanol–water partition coefficient (Wildman–Crippen LogP) is 2.53. The Morgan fingerprint density at radius 2 is 2.13 bits per heavy atom. The number of hydrogen-bond donors (Lipinski definition) is 1. The third kappa shape index (κ3) is 3.06. The maximum absolute atomic E-state index is 4.46. The summed E-state index contributed by atoms with van der Waals surface area (Å²) in [5.41, 5.74) is 2.75. The van der Waals surface area contributed by atoms with Gasteiger partial charge in [-0.1, -0.05) is 20.3 Å². The van der Waals surface area contributed by atoms with Crippen LogP contribution in [0, 0.1) is 0 Å². The Hall–Kier alpha value is -0.830. The summed E-state index contributed by atoms with van der Waals surface area (Å²) >= 11 is 0. The van der Waals surface area contributed by atoms with Crippen LogP contribution >= 0.6 is 0 Å². The summed E-state index contributed by atoms with van der Waals surface area (Å²) in [5, 5.41) is 7.83. The van der Waals surface area contributed by atoms with Crippen LogP contribution in [-0.4, -0.2) is 16.3 Å². The summed E-state index contributed by atoms with van der Waals surface area (Å²) in [6.45, 7) is 10.7. The molecule has 15 heavy (non-hydrogen) atoms. The van der Waals surface area contributed by atoms with Crippen LogP contribution in [0.15, 0.2) is 6.20 Å². The highest BCUT2D eigenvalue weighted by Gasteiger charge is 2.11. The van der Waals surface area contributed by atoms with Crippen molar-refractivity contribution >= 4 is 0 Å². The van der Waals surface area contributed by atoms with Crippen LogP contribution in [0.3, 0.4) is 0 Å². The molecule has 0 aliphatic rings. The smallest absolute Gasteiger partial charge is 0.0537 e. The lowest BCUT2D eigenvalue weighted by atomic mass is 10.1. The Bertz CT molecular complexity index is 289. The van der Waals surface area contributed by atoms with Gasteiger partial charge in [0, 0.05) is 23.8 Å². The van der Waals surface area contributed by atoms with Gasteiger partial charge < -0.3 is 5.32 Å². The van der Waals surface area contributed by atoms with Crippen molar-refractivity contribution in [2.75, 3.05) is 6.54 Å². The van der Waals surface area contributed by atoms with Gasteiger partial charge in [0.2, 0.25) is 0 Å².